The van der Waals surface area contributed by atoms with Gasteiger partial charge in [-0.1, -0.05) is 0 Å². The van der Waals surface area contributed by atoms with E-state index in [9.17, 15) is 0 Å². The molecule has 0 spiro atoms. The lowest BCUT2D eigenvalue weighted by Crippen LogP contribution is -2.37. The van der Waals surface area contributed by atoms with Crippen molar-refractivity contribution in [2.75, 3.05) is 26.2 Å². The summed E-state index contributed by atoms with van der Waals surface area (Å²) < 4.78 is 0. The molecule has 2 atom stereocenters. The molecule has 0 aliphatic carbocycles. The second-order valence-corrected chi connectivity index (χ2v) is 3.37. The van der Waals surface area contributed by atoms with E-state index in [4.69, 9.17) is 0 Å². The van der Waals surface area contributed by atoms with Crippen molar-refractivity contribution < 1.29 is 0 Å². The number of hydrogen-bond acceptors (Lipinski definition) is 3. The number of hydrogen-bond donors (Lipinski definition) is 3. The first kappa shape index (κ1) is 8.97. The molecule has 1 saturated heterocycles. The molecular formula is C8H19N3. The van der Waals surface area contributed by atoms with Crippen molar-refractivity contribution in [1.29, 1.82) is 0 Å². The summed E-state index contributed by atoms with van der Waals surface area (Å²) in [6.45, 7) is 8.73. The molecular weight excluding hydrogens is 138 g/mol. The van der Waals surface area contributed by atoms with Crippen LogP contribution in [0.1, 0.15) is 13.8 Å². The topological polar surface area (TPSA) is 36.1 Å². The van der Waals surface area contributed by atoms with Gasteiger partial charge < -0.3 is 16.0 Å². The molecule has 1 rings (SSSR count). The maximum absolute atomic E-state index is 3.42. The Morgan fingerprint density at radius 3 is 1.82 bits per heavy atom. The van der Waals surface area contributed by atoms with Gasteiger partial charge in [0, 0.05) is 38.3 Å². The van der Waals surface area contributed by atoms with Crippen molar-refractivity contribution in [3.05, 3.63) is 0 Å². The van der Waals surface area contributed by atoms with E-state index in [-0.39, 0.29) is 0 Å². The van der Waals surface area contributed by atoms with Crippen LogP contribution >= 0.6 is 0 Å². The van der Waals surface area contributed by atoms with Gasteiger partial charge in [-0.2, -0.15) is 0 Å². The first-order valence-electron chi connectivity index (χ1n) is 4.46. The summed E-state index contributed by atoms with van der Waals surface area (Å²) in [6.07, 6.45) is 0. The zero-order valence-corrected chi connectivity index (χ0v) is 7.48. The molecule has 0 radical (unpaired) electrons. The van der Waals surface area contributed by atoms with Gasteiger partial charge in [-0.25, -0.2) is 0 Å². The Hall–Kier alpha value is -0.120. The monoisotopic (exact) mass is 157 g/mol. The summed E-state index contributed by atoms with van der Waals surface area (Å²) in [5, 5.41) is 10.2. The fourth-order valence-corrected chi connectivity index (χ4v) is 1.30. The summed E-state index contributed by atoms with van der Waals surface area (Å²) in [6, 6.07) is 1.20. The van der Waals surface area contributed by atoms with Gasteiger partial charge in [0.15, 0.2) is 0 Å². The van der Waals surface area contributed by atoms with Crippen LogP contribution in [0.15, 0.2) is 0 Å². The first-order valence-corrected chi connectivity index (χ1v) is 4.46. The maximum Gasteiger partial charge on any atom is 0.0164 e. The third-order valence-corrected chi connectivity index (χ3v) is 2.01. The van der Waals surface area contributed by atoms with E-state index in [0.717, 1.165) is 26.2 Å². The van der Waals surface area contributed by atoms with Gasteiger partial charge in [-0.15, -0.1) is 0 Å². The van der Waals surface area contributed by atoms with Crippen molar-refractivity contribution in [3.63, 3.8) is 0 Å². The Balaban J connectivity index is 2.24. The van der Waals surface area contributed by atoms with Gasteiger partial charge >= 0.3 is 0 Å². The lowest BCUT2D eigenvalue weighted by atomic mass is 10.3. The largest absolute Gasteiger partial charge is 0.314 e. The molecule has 0 aromatic rings. The van der Waals surface area contributed by atoms with Crippen LogP contribution in [0.3, 0.4) is 0 Å². The zero-order valence-electron chi connectivity index (χ0n) is 7.48. The minimum Gasteiger partial charge on any atom is -0.314 e. The highest BCUT2D eigenvalue weighted by atomic mass is 15.1. The Kier molecular flexibility index (Phi) is 3.83. The molecule has 1 aliphatic heterocycles. The van der Waals surface area contributed by atoms with Crippen LogP contribution in [-0.2, 0) is 0 Å². The third-order valence-electron chi connectivity index (χ3n) is 2.01. The maximum atomic E-state index is 3.42. The van der Waals surface area contributed by atoms with Crippen LogP contribution in [0, 0.1) is 0 Å². The fraction of sp³-hybridized carbons (Fsp3) is 1.00. The highest BCUT2D eigenvalue weighted by Crippen LogP contribution is 1.84. The minimum absolute atomic E-state index is 0.599. The van der Waals surface area contributed by atoms with Crippen molar-refractivity contribution in [2.24, 2.45) is 0 Å². The van der Waals surface area contributed by atoms with Crippen LogP contribution in [0.2, 0.25) is 0 Å². The van der Waals surface area contributed by atoms with E-state index < -0.39 is 0 Å². The SMILES string of the molecule is C[C@H]1CNC[C@H](C)NCCN1. The molecule has 0 saturated carbocycles. The van der Waals surface area contributed by atoms with Gasteiger partial charge in [0.2, 0.25) is 0 Å². The molecule has 11 heavy (non-hydrogen) atoms. The molecule has 66 valence electrons. The molecule has 0 aromatic carbocycles. The Morgan fingerprint density at radius 2 is 1.36 bits per heavy atom. The predicted molar refractivity (Wildman–Crippen MR) is 47.8 cm³/mol. The molecule has 0 aromatic heterocycles. The lowest BCUT2D eigenvalue weighted by Gasteiger charge is -2.12. The van der Waals surface area contributed by atoms with Crippen LogP contribution in [0.5, 0.6) is 0 Å². The van der Waals surface area contributed by atoms with Crippen molar-refractivity contribution in [1.82, 2.24) is 16.0 Å². The number of rotatable bonds is 0. The predicted octanol–water partition coefficient (Wildman–Crippen LogP) is -0.454. The summed E-state index contributed by atoms with van der Waals surface area (Å²) in [5.41, 5.74) is 0. The van der Waals surface area contributed by atoms with Gasteiger partial charge in [0.1, 0.15) is 0 Å². The van der Waals surface area contributed by atoms with Gasteiger partial charge in [0.25, 0.3) is 0 Å². The summed E-state index contributed by atoms with van der Waals surface area (Å²) >= 11 is 0. The normalized spacial score (nSPS) is 35.5. The average Bonchev–Trinajstić information content (AvgIpc) is 2.04. The van der Waals surface area contributed by atoms with Crippen LogP contribution < -0.4 is 16.0 Å². The molecule has 3 heteroatoms. The number of nitrogens with one attached hydrogen (secondary N) is 3. The van der Waals surface area contributed by atoms with E-state index in [0.29, 0.717) is 12.1 Å². The van der Waals surface area contributed by atoms with Crippen LogP contribution in [0.25, 0.3) is 0 Å². The molecule has 1 fully saturated rings. The van der Waals surface area contributed by atoms with E-state index in [1.165, 1.54) is 0 Å². The Morgan fingerprint density at radius 1 is 0.909 bits per heavy atom. The Bertz CT molecular complexity index is 93.5. The molecule has 0 unspecified atom stereocenters. The quantitative estimate of drug-likeness (QED) is 0.445. The third kappa shape index (κ3) is 3.70. The van der Waals surface area contributed by atoms with E-state index in [1.54, 1.807) is 0 Å². The van der Waals surface area contributed by atoms with E-state index in [1.807, 2.05) is 0 Å². The highest BCUT2D eigenvalue weighted by molar-refractivity contribution is 4.72. The fourth-order valence-electron chi connectivity index (χ4n) is 1.30. The lowest BCUT2D eigenvalue weighted by molar-refractivity contribution is 0.517. The first-order chi connectivity index (χ1) is 5.29. The molecule has 3 nitrogen and oxygen atoms in total. The summed E-state index contributed by atoms with van der Waals surface area (Å²) in [5.74, 6) is 0. The van der Waals surface area contributed by atoms with Crippen molar-refractivity contribution >= 4 is 0 Å². The second kappa shape index (κ2) is 4.70. The molecule has 1 heterocycles. The van der Waals surface area contributed by atoms with Crippen LogP contribution in [-0.4, -0.2) is 38.3 Å². The van der Waals surface area contributed by atoms with Gasteiger partial charge in [0.05, 0.1) is 0 Å². The molecule has 3 N–H and O–H groups in total. The summed E-state index contributed by atoms with van der Waals surface area (Å²) in [7, 11) is 0. The van der Waals surface area contributed by atoms with Gasteiger partial charge in [-0.3, -0.25) is 0 Å². The molecule has 1 aliphatic rings. The van der Waals surface area contributed by atoms with Crippen molar-refractivity contribution in [3.8, 4) is 0 Å². The Labute approximate surface area is 68.9 Å². The second-order valence-electron chi connectivity index (χ2n) is 3.37. The standard InChI is InChI=1S/C8H19N3/c1-7-5-9-6-8(2)11-4-3-10-7/h7-11H,3-6H2,1-2H3/t7-,8-/m0/s1. The average molecular weight is 157 g/mol. The smallest absolute Gasteiger partial charge is 0.0164 e. The van der Waals surface area contributed by atoms with Gasteiger partial charge in [-0.05, 0) is 13.8 Å². The summed E-state index contributed by atoms with van der Waals surface area (Å²) in [4.78, 5) is 0. The van der Waals surface area contributed by atoms with E-state index >= 15 is 0 Å². The highest BCUT2D eigenvalue weighted by Gasteiger charge is 2.06. The van der Waals surface area contributed by atoms with Crippen molar-refractivity contribution in [2.45, 2.75) is 25.9 Å². The van der Waals surface area contributed by atoms with Crippen LogP contribution in [0.4, 0.5) is 0 Å². The zero-order chi connectivity index (χ0) is 8.10. The minimum atomic E-state index is 0.599. The molecule has 0 amide bonds. The molecule has 0 bridgehead atoms. The van der Waals surface area contributed by atoms with E-state index in [2.05, 4.69) is 29.8 Å².